The van der Waals surface area contributed by atoms with Gasteiger partial charge in [-0.05, 0) is 12.1 Å². The predicted octanol–water partition coefficient (Wildman–Crippen LogP) is -0.234. The molecule has 0 aliphatic carbocycles. The van der Waals surface area contributed by atoms with Gasteiger partial charge in [-0.15, -0.1) is 0 Å². The van der Waals surface area contributed by atoms with Crippen LogP contribution in [0.3, 0.4) is 0 Å². The molecule has 0 saturated carbocycles. The molecule has 18 heavy (non-hydrogen) atoms. The van der Waals surface area contributed by atoms with Crippen molar-refractivity contribution in [2.24, 2.45) is 5.73 Å². The van der Waals surface area contributed by atoms with Crippen LogP contribution in [-0.2, 0) is 9.53 Å². The van der Waals surface area contributed by atoms with Crippen LogP contribution < -0.4 is 11.1 Å². The summed E-state index contributed by atoms with van der Waals surface area (Å²) in [6.07, 6.45) is 0.0202. The first-order valence-corrected chi connectivity index (χ1v) is 5.49. The molecular weight excluding hydrogens is 236 g/mol. The number of benzene rings is 1. The fourth-order valence-corrected chi connectivity index (χ4v) is 1.87. The lowest BCUT2D eigenvalue weighted by molar-refractivity contribution is -0.127. The van der Waals surface area contributed by atoms with Crippen molar-refractivity contribution in [3.05, 3.63) is 29.8 Å². The van der Waals surface area contributed by atoms with E-state index >= 15 is 0 Å². The summed E-state index contributed by atoms with van der Waals surface area (Å²) in [5.41, 5.74) is 4.55. The van der Waals surface area contributed by atoms with E-state index in [-0.39, 0.29) is 30.9 Å². The minimum atomic E-state index is -0.745. The third-order valence-corrected chi connectivity index (χ3v) is 2.80. The first kappa shape index (κ1) is 12.4. The largest absolute Gasteiger partial charge is 0.507 e. The van der Waals surface area contributed by atoms with Gasteiger partial charge in [-0.1, -0.05) is 12.1 Å². The van der Waals surface area contributed by atoms with Crippen molar-refractivity contribution >= 4 is 11.8 Å². The zero-order chi connectivity index (χ0) is 13.2. The highest BCUT2D eigenvalue weighted by Gasteiger charge is 2.41. The van der Waals surface area contributed by atoms with Crippen LogP contribution in [0.25, 0.3) is 0 Å². The summed E-state index contributed by atoms with van der Waals surface area (Å²) in [5.74, 6) is -1.06. The van der Waals surface area contributed by atoms with Gasteiger partial charge in [0, 0.05) is 0 Å². The Labute approximate surface area is 104 Å². The van der Waals surface area contributed by atoms with Crippen LogP contribution in [0, 0.1) is 0 Å². The van der Waals surface area contributed by atoms with E-state index in [9.17, 15) is 14.7 Å². The molecule has 1 heterocycles. The molecular formula is C12H14N2O4. The molecule has 1 aliphatic heterocycles. The van der Waals surface area contributed by atoms with Crippen molar-refractivity contribution in [3.8, 4) is 5.75 Å². The van der Waals surface area contributed by atoms with Crippen LogP contribution in [-0.4, -0.2) is 35.7 Å². The molecule has 1 saturated heterocycles. The van der Waals surface area contributed by atoms with Gasteiger partial charge in [0.15, 0.2) is 0 Å². The molecule has 1 aromatic carbocycles. The molecule has 0 aromatic heterocycles. The van der Waals surface area contributed by atoms with Crippen LogP contribution >= 0.6 is 0 Å². The van der Waals surface area contributed by atoms with Crippen LogP contribution in [0.1, 0.15) is 16.8 Å². The second-order valence-corrected chi connectivity index (χ2v) is 4.39. The third kappa shape index (κ3) is 2.43. The second kappa shape index (κ2) is 4.66. The maximum atomic E-state index is 12.0. The summed E-state index contributed by atoms with van der Waals surface area (Å²) in [5, 5.41) is 12.3. The number of rotatable bonds is 4. The average molecular weight is 250 g/mol. The number of ether oxygens (including phenoxy) is 1. The zero-order valence-corrected chi connectivity index (χ0v) is 9.68. The molecule has 6 nitrogen and oxygen atoms in total. The monoisotopic (exact) mass is 250 g/mol. The van der Waals surface area contributed by atoms with Gasteiger partial charge >= 0.3 is 0 Å². The molecule has 0 spiro atoms. The van der Waals surface area contributed by atoms with Gasteiger partial charge in [0.05, 0.1) is 30.7 Å². The SMILES string of the molecule is NC(=O)CC1(NC(=O)c2ccccc2O)COC1. The van der Waals surface area contributed by atoms with Gasteiger partial charge in [-0.2, -0.15) is 0 Å². The number of phenolic OH excluding ortho intramolecular Hbond substituents is 1. The Hall–Kier alpha value is -2.08. The van der Waals surface area contributed by atoms with E-state index < -0.39 is 17.4 Å². The highest BCUT2D eigenvalue weighted by Crippen LogP contribution is 2.23. The number of para-hydroxylation sites is 1. The number of amides is 2. The Morgan fingerprint density at radius 1 is 1.39 bits per heavy atom. The van der Waals surface area contributed by atoms with Crippen molar-refractivity contribution in [2.75, 3.05) is 13.2 Å². The molecule has 2 amide bonds. The third-order valence-electron chi connectivity index (χ3n) is 2.80. The van der Waals surface area contributed by atoms with Crippen molar-refractivity contribution in [3.63, 3.8) is 0 Å². The van der Waals surface area contributed by atoms with Crippen LogP contribution in [0.5, 0.6) is 5.75 Å². The first-order valence-electron chi connectivity index (χ1n) is 5.49. The fourth-order valence-electron chi connectivity index (χ4n) is 1.87. The molecule has 6 heteroatoms. The van der Waals surface area contributed by atoms with E-state index in [1.54, 1.807) is 12.1 Å². The van der Waals surface area contributed by atoms with E-state index in [1.165, 1.54) is 12.1 Å². The van der Waals surface area contributed by atoms with Gasteiger partial charge < -0.3 is 20.9 Å². The molecule has 0 bridgehead atoms. The average Bonchev–Trinajstić information content (AvgIpc) is 2.25. The quantitative estimate of drug-likeness (QED) is 0.686. The molecule has 96 valence electrons. The molecule has 1 aliphatic rings. The fraction of sp³-hybridized carbons (Fsp3) is 0.333. The second-order valence-electron chi connectivity index (χ2n) is 4.39. The van der Waals surface area contributed by atoms with E-state index in [0.29, 0.717) is 0 Å². The predicted molar refractivity (Wildman–Crippen MR) is 62.9 cm³/mol. The van der Waals surface area contributed by atoms with Gasteiger partial charge in [0.25, 0.3) is 5.91 Å². The van der Waals surface area contributed by atoms with Gasteiger partial charge in [-0.25, -0.2) is 0 Å². The summed E-state index contributed by atoms with van der Waals surface area (Å²) in [4.78, 5) is 22.9. The maximum absolute atomic E-state index is 12.0. The highest BCUT2D eigenvalue weighted by atomic mass is 16.5. The number of nitrogens with two attached hydrogens (primary N) is 1. The van der Waals surface area contributed by atoms with Crippen LogP contribution in [0.4, 0.5) is 0 Å². The van der Waals surface area contributed by atoms with Crippen LogP contribution in [0.2, 0.25) is 0 Å². The lowest BCUT2D eigenvalue weighted by atomic mass is 9.92. The van der Waals surface area contributed by atoms with Crippen molar-refractivity contribution in [1.82, 2.24) is 5.32 Å². The van der Waals surface area contributed by atoms with E-state index in [2.05, 4.69) is 5.32 Å². The highest BCUT2D eigenvalue weighted by molar-refractivity contribution is 5.97. The van der Waals surface area contributed by atoms with E-state index in [0.717, 1.165) is 0 Å². The minimum absolute atomic E-state index is 0.0202. The minimum Gasteiger partial charge on any atom is -0.507 e. The molecule has 1 fully saturated rings. The number of carbonyl (C=O) groups excluding carboxylic acids is 2. The summed E-state index contributed by atoms with van der Waals surface area (Å²) >= 11 is 0. The Balaban J connectivity index is 2.11. The Morgan fingerprint density at radius 3 is 2.56 bits per heavy atom. The molecule has 0 radical (unpaired) electrons. The van der Waals surface area contributed by atoms with Crippen molar-refractivity contribution in [1.29, 1.82) is 0 Å². The number of primary amides is 1. The number of hydrogen-bond donors (Lipinski definition) is 3. The van der Waals surface area contributed by atoms with Crippen molar-refractivity contribution < 1.29 is 19.4 Å². The Kier molecular flexibility index (Phi) is 3.20. The Morgan fingerprint density at radius 2 is 2.06 bits per heavy atom. The van der Waals surface area contributed by atoms with Gasteiger partial charge in [0.2, 0.25) is 5.91 Å². The maximum Gasteiger partial charge on any atom is 0.255 e. The number of phenols is 1. The smallest absolute Gasteiger partial charge is 0.255 e. The summed E-state index contributed by atoms with van der Waals surface area (Å²) in [6, 6.07) is 6.19. The number of aromatic hydroxyl groups is 1. The lowest BCUT2D eigenvalue weighted by Gasteiger charge is -2.41. The topological polar surface area (TPSA) is 102 Å². The lowest BCUT2D eigenvalue weighted by Crippen LogP contribution is -2.63. The molecule has 0 atom stereocenters. The molecule has 1 aromatic rings. The summed E-state index contributed by atoms with van der Waals surface area (Å²) in [7, 11) is 0. The number of carbonyl (C=O) groups is 2. The number of nitrogens with one attached hydrogen (secondary N) is 1. The molecule has 0 unspecified atom stereocenters. The zero-order valence-electron chi connectivity index (χ0n) is 9.68. The van der Waals surface area contributed by atoms with E-state index in [1.807, 2.05) is 0 Å². The molecule has 4 N–H and O–H groups in total. The first-order chi connectivity index (χ1) is 8.52. The normalized spacial score (nSPS) is 16.7. The summed E-state index contributed by atoms with van der Waals surface area (Å²) < 4.78 is 5.02. The molecule has 2 rings (SSSR count). The van der Waals surface area contributed by atoms with Gasteiger partial charge in [0.1, 0.15) is 5.75 Å². The Bertz CT molecular complexity index is 483. The van der Waals surface area contributed by atoms with Crippen molar-refractivity contribution in [2.45, 2.75) is 12.0 Å². The number of hydrogen-bond acceptors (Lipinski definition) is 4. The van der Waals surface area contributed by atoms with E-state index in [4.69, 9.17) is 10.5 Å². The summed E-state index contributed by atoms with van der Waals surface area (Å²) in [6.45, 7) is 0.491. The van der Waals surface area contributed by atoms with Gasteiger partial charge in [-0.3, -0.25) is 9.59 Å². The van der Waals surface area contributed by atoms with Crippen LogP contribution in [0.15, 0.2) is 24.3 Å². The standard InChI is InChI=1S/C12H14N2O4/c13-10(16)5-12(6-18-7-12)14-11(17)8-3-1-2-4-9(8)15/h1-4,15H,5-7H2,(H2,13,16)(H,14,17).